The van der Waals surface area contributed by atoms with Gasteiger partial charge in [0.05, 0.1) is 38.1 Å². The van der Waals surface area contributed by atoms with Gasteiger partial charge >= 0.3 is 5.97 Å². The van der Waals surface area contributed by atoms with E-state index in [-0.39, 0.29) is 24.2 Å². The minimum absolute atomic E-state index is 0.164. The van der Waals surface area contributed by atoms with E-state index in [9.17, 15) is 9.59 Å². The molecule has 1 aliphatic rings. The Hall–Kier alpha value is -2.74. The third-order valence-corrected chi connectivity index (χ3v) is 5.85. The number of methoxy groups -OCH3 is 2. The molecule has 31 heavy (non-hydrogen) atoms. The van der Waals surface area contributed by atoms with Crippen LogP contribution in [0.3, 0.4) is 0 Å². The summed E-state index contributed by atoms with van der Waals surface area (Å²) < 4.78 is 16.0. The first-order valence-corrected chi connectivity index (χ1v) is 10.8. The first-order chi connectivity index (χ1) is 14.8. The number of H-pyrrole nitrogens is 1. The maximum Gasteiger partial charge on any atom is 0.356 e. The lowest BCUT2D eigenvalue weighted by atomic mass is 9.91. The van der Waals surface area contributed by atoms with E-state index in [0.717, 1.165) is 13.1 Å². The van der Waals surface area contributed by atoms with Crippen molar-refractivity contribution in [1.29, 1.82) is 0 Å². The van der Waals surface area contributed by atoms with Crippen LogP contribution in [0.5, 0.6) is 11.5 Å². The molecule has 1 aliphatic heterocycles. The van der Waals surface area contributed by atoms with E-state index in [1.165, 1.54) is 6.42 Å². The number of benzene rings is 1. The van der Waals surface area contributed by atoms with Crippen LogP contribution in [-0.2, 0) is 9.53 Å². The number of esters is 1. The molecule has 0 unspecified atom stereocenters. The van der Waals surface area contributed by atoms with Crippen molar-refractivity contribution in [3.63, 3.8) is 0 Å². The molecule has 2 aromatic rings. The molecular formula is C23H33N3O5. The van der Waals surface area contributed by atoms with E-state index in [0.29, 0.717) is 39.9 Å². The Morgan fingerprint density at radius 1 is 1.16 bits per heavy atom. The number of carbonyl (C=O) groups is 2. The second kappa shape index (κ2) is 9.60. The van der Waals surface area contributed by atoms with Gasteiger partial charge in [0.25, 0.3) is 0 Å². The fourth-order valence-corrected chi connectivity index (χ4v) is 4.43. The number of piperidine rings is 1. The Labute approximate surface area is 183 Å². The number of nitrogens with zero attached hydrogens (tertiary/aromatic N) is 1. The van der Waals surface area contributed by atoms with Gasteiger partial charge in [0.1, 0.15) is 5.69 Å². The zero-order chi connectivity index (χ0) is 22.7. The second-order valence-corrected chi connectivity index (χ2v) is 8.41. The van der Waals surface area contributed by atoms with E-state index in [1.54, 1.807) is 33.3 Å². The van der Waals surface area contributed by atoms with E-state index in [1.807, 2.05) is 6.92 Å². The van der Waals surface area contributed by atoms with Gasteiger partial charge < -0.3 is 24.5 Å². The van der Waals surface area contributed by atoms with Crippen molar-refractivity contribution in [2.45, 2.75) is 40.2 Å². The quantitative estimate of drug-likeness (QED) is 0.650. The SMILES string of the molecule is CCOC(=O)c1[nH]c2cc(OC)c(OC)cc2c1NC(=O)[C@H](C)N1C[C@H](C)C[C@@H](C)C1. The predicted octanol–water partition coefficient (Wildman–Crippen LogP) is 3.67. The van der Waals surface area contributed by atoms with Crippen molar-refractivity contribution >= 4 is 28.5 Å². The van der Waals surface area contributed by atoms with Crippen molar-refractivity contribution < 1.29 is 23.8 Å². The Bertz CT molecular complexity index is 944. The smallest absolute Gasteiger partial charge is 0.356 e. The lowest BCUT2D eigenvalue weighted by molar-refractivity contribution is -0.121. The fraction of sp³-hybridized carbons (Fsp3) is 0.565. The van der Waals surface area contributed by atoms with E-state index in [4.69, 9.17) is 14.2 Å². The van der Waals surface area contributed by atoms with Crippen LogP contribution in [0.4, 0.5) is 5.69 Å². The number of hydrogen-bond donors (Lipinski definition) is 2. The maximum absolute atomic E-state index is 13.2. The third-order valence-electron chi connectivity index (χ3n) is 5.85. The molecule has 0 saturated carbocycles. The van der Waals surface area contributed by atoms with Crippen LogP contribution >= 0.6 is 0 Å². The van der Waals surface area contributed by atoms with Gasteiger partial charge in [-0.2, -0.15) is 0 Å². The van der Waals surface area contributed by atoms with Gasteiger partial charge in [-0.15, -0.1) is 0 Å². The summed E-state index contributed by atoms with van der Waals surface area (Å²) in [5, 5.41) is 3.63. The lowest BCUT2D eigenvalue weighted by Gasteiger charge is -2.38. The Kier molecular flexibility index (Phi) is 7.10. The molecule has 8 heteroatoms. The van der Waals surface area contributed by atoms with Crippen LogP contribution in [0.15, 0.2) is 12.1 Å². The zero-order valence-corrected chi connectivity index (χ0v) is 19.2. The third kappa shape index (κ3) is 4.79. The molecule has 1 fully saturated rings. The first-order valence-electron chi connectivity index (χ1n) is 10.8. The monoisotopic (exact) mass is 431 g/mol. The number of ether oxygens (including phenoxy) is 3. The summed E-state index contributed by atoms with van der Waals surface area (Å²) >= 11 is 0. The van der Waals surface area contributed by atoms with Gasteiger partial charge in [0.15, 0.2) is 11.5 Å². The summed E-state index contributed by atoms with van der Waals surface area (Å²) in [6.45, 7) is 10.1. The van der Waals surface area contributed by atoms with Crippen LogP contribution in [0, 0.1) is 11.8 Å². The highest BCUT2D eigenvalue weighted by Gasteiger charge is 2.30. The standard InChI is InChI=1S/C23H33N3O5/c1-7-31-23(28)21-20(16-9-18(29-5)19(30-6)10-17(16)24-21)25-22(27)15(4)26-11-13(2)8-14(3)12-26/h9-10,13-15,24H,7-8,11-12H2,1-6H3,(H,25,27)/t13-,14-,15+/m1/s1. The number of amides is 1. The average molecular weight is 432 g/mol. The molecule has 1 amide bonds. The molecule has 2 heterocycles. The summed E-state index contributed by atoms with van der Waals surface area (Å²) in [6, 6.07) is 3.16. The summed E-state index contributed by atoms with van der Waals surface area (Å²) in [4.78, 5) is 31.1. The van der Waals surface area contributed by atoms with Crippen molar-refractivity contribution in [1.82, 2.24) is 9.88 Å². The minimum Gasteiger partial charge on any atom is -0.493 e. The number of nitrogens with one attached hydrogen (secondary N) is 2. The van der Waals surface area contributed by atoms with E-state index in [2.05, 4.69) is 29.0 Å². The van der Waals surface area contributed by atoms with Gasteiger partial charge in [0.2, 0.25) is 5.91 Å². The van der Waals surface area contributed by atoms with Crippen LogP contribution in [0.2, 0.25) is 0 Å². The highest BCUT2D eigenvalue weighted by atomic mass is 16.5. The molecular weight excluding hydrogens is 398 g/mol. The van der Waals surface area contributed by atoms with Gasteiger partial charge in [-0.25, -0.2) is 4.79 Å². The van der Waals surface area contributed by atoms with Crippen LogP contribution in [0.25, 0.3) is 10.9 Å². The van der Waals surface area contributed by atoms with Gasteiger partial charge in [-0.3, -0.25) is 9.69 Å². The molecule has 1 saturated heterocycles. The zero-order valence-electron chi connectivity index (χ0n) is 19.2. The van der Waals surface area contributed by atoms with Crippen molar-refractivity contribution in [2.75, 3.05) is 39.2 Å². The largest absolute Gasteiger partial charge is 0.493 e. The molecule has 0 spiro atoms. The number of carbonyl (C=O) groups excluding carboxylic acids is 2. The summed E-state index contributed by atoms with van der Waals surface area (Å²) in [7, 11) is 3.09. The van der Waals surface area contributed by atoms with E-state index >= 15 is 0 Å². The Morgan fingerprint density at radius 3 is 2.35 bits per heavy atom. The van der Waals surface area contributed by atoms with Gasteiger partial charge in [-0.05, 0) is 38.2 Å². The highest BCUT2D eigenvalue weighted by Crippen LogP contribution is 2.37. The predicted molar refractivity (Wildman–Crippen MR) is 120 cm³/mol. The summed E-state index contributed by atoms with van der Waals surface area (Å²) in [5.41, 5.74) is 1.24. The Morgan fingerprint density at radius 2 is 1.77 bits per heavy atom. The minimum atomic E-state index is -0.528. The molecule has 8 nitrogen and oxygen atoms in total. The average Bonchev–Trinajstić information content (AvgIpc) is 3.08. The summed E-state index contributed by atoms with van der Waals surface area (Å²) in [5.74, 6) is 1.42. The van der Waals surface area contributed by atoms with Crippen LogP contribution < -0.4 is 14.8 Å². The molecule has 3 rings (SSSR count). The molecule has 3 atom stereocenters. The highest BCUT2D eigenvalue weighted by molar-refractivity contribution is 6.12. The lowest BCUT2D eigenvalue weighted by Crippen LogP contribution is -2.48. The van der Waals surface area contributed by atoms with Crippen LogP contribution in [0.1, 0.15) is 44.6 Å². The van der Waals surface area contributed by atoms with Crippen molar-refractivity contribution in [3.05, 3.63) is 17.8 Å². The number of likely N-dealkylation sites (tertiary alicyclic amines) is 1. The first kappa shape index (κ1) is 22.9. The van der Waals surface area contributed by atoms with Gasteiger partial charge in [0, 0.05) is 24.5 Å². The number of rotatable bonds is 7. The molecule has 1 aromatic heterocycles. The van der Waals surface area contributed by atoms with E-state index < -0.39 is 5.97 Å². The molecule has 170 valence electrons. The Balaban J connectivity index is 1.97. The number of aromatic amines is 1. The fourth-order valence-electron chi connectivity index (χ4n) is 4.43. The molecule has 0 bridgehead atoms. The number of fused-ring (bicyclic) bond motifs is 1. The molecule has 0 radical (unpaired) electrons. The summed E-state index contributed by atoms with van der Waals surface area (Å²) in [6.07, 6.45) is 1.17. The van der Waals surface area contributed by atoms with Crippen LogP contribution in [-0.4, -0.2) is 61.7 Å². The van der Waals surface area contributed by atoms with Crippen molar-refractivity contribution in [3.8, 4) is 11.5 Å². The molecule has 1 aromatic carbocycles. The number of hydrogen-bond acceptors (Lipinski definition) is 6. The normalized spacial score (nSPS) is 20.3. The number of anilines is 1. The molecule has 0 aliphatic carbocycles. The van der Waals surface area contributed by atoms with Crippen molar-refractivity contribution in [2.24, 2.45) is 11.8 Å². The maximum atomic E-state index is 13.2. The second-order valence-electron chi connectivity index (χ2n) is 8.41. The topological polar surface area (TPSA) is 92.9 Å². The number of aromatic nitrogens is 1. The molecule has 2 N–H and O–H groups in total. The van der Waals surface area contributed by atoms with Gasteiger partial charge in [-0.1, -0.05) is 13.8 Å².